The van der Waals surface area contributed by atoms with Crippen molar-refractivity contribution in [3.8, 4) is 34.3 Å². The molecule has 0 aliphatic rings. The highest BCUT2D eigenvalue weighted by molar-refractivity contribution is 6.01. The number of benzene rings is 2. The second kappa shape index (κ2) is 13.6. The number of aromatic amines is 2. The van der Waals surface area contributed by atoms with Crippen molar-refractivity contribution in [1.29, 1.82) is 0 Å². The molecule has 7 heterocycles. The SMILES string of the molecule is CNC(=O)CCn1nc(-c2cc3cc(O)ccc3[nH]2)c2c(N)ncnc21.Cc1nccn1CCn1nc(-c2cc3cc(O)ccc3[nH]2)c2c(N)ncnc21. The summed E-state index contributed by atoms with van der Waals surface area (Å²) < 4.78 is 5.55. The lowest BCUT2D eigenvalue weighted by Gasteiger charge is -2.05. The Kier molecular flexibility index (Phi) is 8.45. The summed E-state index contributed by atoms with van der Waals surface area (Å²) >= 11 is 0. The molecule has 0 aliphatic carbocycles. The molecule has 2 aromatic carbocycles. The lowest BCUT2D eigenvalue weighted by atomic mass is 10.2. The summed E-state index contributed by atoms with van der Waals surface area (Å²) in [6, 6.07) is 14.1. The number of fused-ring (bicyclic) bond motifs is 4. The maximum absolute atomic E-state index is 11.6. The van der Waals surface area contributed by atoms with Crippen LogP contribution in [0, 0.1) is 6.92 Å². The molecule has 0 unspecified atom stereocenters. The summed E-state index contributed by atoms with van der Waals surface area (Å²) in [6.07, 6.45) is 6.82. The van der Waals surface area contributed by atoms with Gasteiger partial charge in [0.1, 0.15) is 53.0 Å². The summed E-state index contributed by atoms with van der Waals surface area (Å²) in [6.45, 7) is 3.66. The lowest BCUT2D eigenvalue weighted by molar-refractivity contribution is -0.120. The van der Waals surface area contributed by atoms with Gasteiger partial charge < -0.3 is 41.5 Å². The minimum absolute atomic E-state index is 0.0849. The average Bonchev–Trinajstić information content (AvgIpc) is 3.99. The van der Waals surface area contributed by atoms with E-state index in [9.17, 15) is 15.0 Å². The molecule has 7 aromatic heterocycles. The number of aromatic nitrogens is 12. The highest BCUT2D eigenvalue weighted by Gasteiger charge is 2.20. The Hall–Kier alpha value is -7.50. The van der Waals surface area contributed by atoms with Crippen LogP contribution in [0.2, 0.25) is 0 Å². The number of phenols is 2. The Labute approximate surface area is 305 Å². The number of aryl methyl sites for hydroxylation is 4. The quantitative estimate of drug-likeness (QED) is 0.118. The van der Waals surface area contributed by atoms with E-state index >= 15 is 0 Å². The molecule has 0 saturated heterocycles. The van der Waals surface area contributed by atoms with Crippen LogP contribution in [0.15, 0.2) is 73.6 Å². The molecular weight excluding hydrogens is 690 g/mol. The van der Waals surface area contributed by atoms with Crippen LogP contribution in [0.3, 0.4) is 0 Å². The van der Waals surface area contributed by atoms with Crippen LogP contribution in [0.5, 0.6) is 11.5 Å². The van der Waals surface area contributed by atoms with Crippen molar-refractivity contribution in [3.63, 3.8) is 0 Å². The van der Waals surface area contributed by atoms with Gasteiger partial charge in [-0.2, -0.15) is 10.2 Å². The van der Waals surface area contributed by atoms with Crippen LogP contribution in [-0.4, -0.2) is 82.2 Å². The first-order valence-electron chi connectivity index (χ1n) is 16.9. The number of imidazole rings is 1. The monoisotopic (exact) mass is 725 g/mol. The third kappa shape index (κ3) is 6.20. The first kappa shape index (κ1) is 33.6. The molecule has 0 saturated carbocycles. The van der Waals surface area contributed by atoms with Crippen molar-refractivity contribution in [2.45, 2.75) is 33.0 Å². The highest BCUT2D eigenvalue weighted by Crippen LogP contribution is 2.34. The number of nitrogens with two attached hydrogens (primary N) is 2. The zero-order valence-corrected chi connectivity index (χ0v) is 29.2. The van der Waals surface area contributed by atoms with Crippen molar-refractivity contribution in [2.75, 3.05) is 18.5 Å². The minimum atomic E-state index is -0.0849. The number of nitrogens with zero attached hydrogens (tertiary/aromatic N) is 10. The van der Waals surface area contributed by atoms with E-state index in [-0.39, 0.29) is 23.8 Å². The lowest BCUT2D eigenvalue weighted by Crippen LogP contribution is -2.19. The van der Waals surface area contributed by atoms with E-state index in [0.717, 1.165) is 39.0 Å². The molecule has 18 nitrogen and oxygen atoms in total. The van der Waals surface area contributed by atoms with Gasteiger partial charge in [0.25, 0.3) is 0 Å². The maximum Gasteiger partial charge on any atom is 0.221 e. The van der Waals surface area contributed by atoms with E-state index in [0.29, 0.717) is 64.7 Å². The average molecular weight is 726 g/mol. The van der Waals surface area contributed by atoms with Gasteiger partial charge in [0.15, 0.2) is 11.3 Å². The number of amides is 1. The normalized spacial score (nSPS) is 11.4. The number of carbonyl (C=O) groups is 1. The zero-order valence-electron chi connectivity index (χ0n) is 29.2. The topological polar surface area (TPSA) is 258 Å². The molecule has 9 N–H and O–H groups in total. The number of nitrogens with one attached hydrogen (secondary N) is 3. The molecule has 18 heteroatoms. The largest absolute Gasteiger partial charge is 0.508 e. The fourth-order valence-electron chi connectivity index (χ4n) is 6.42. The number of H-pyrrole nitrogens is 2. The third-order valence-corrected chi connectivity index (χ3v) is 9.14. The van der Waals surface area contributed by atoms with E-state index in [1.165, 1.54) is 12.7 Å². The van der Waals surface area contributed by atoms with Gasteiger partial charge in [0, 0.05) is 54.2 Å². The standard InChI is InChI=1S/C19H18N8O.C17H17N7O2/c1-11-21-4-5-26(11)6-7-27-19-16(18(20)22-10-23-19)17(25-27)15-9-12-8-13(28)2-3-14(12)24-15;1-19-13(26)4-5-24-17-14(16(18)20-8-21-17)15(23-24)12-7-9-6-10(25)2-3-11(9)22-12/h2-5,8-10,24,28H,6-7H2,1H3,(H2,20,22,23);2-3,6-8,22,25H,4-5H2,1H3,(H,19,26)(H2,18,20,21). The second-order valence-corrected chi connectivity index (χ2v) is 12.6. The van der Waals surface area contributed by atoms with Crippen LogP contribution >= 0.6 is 0 Å². The number of phenolic OH excluding ortho intramolecular Hbond substituents is 2. The Bertz CT molecular complexity index is 2820. The smallest absolute Gasteiger partial charge is 0.221 e. The molecular formula is C36H35N15O3. The van der Waals surface area contributed by atoms with E-state index < -0.39 is 0 Å². The van der Waals surface area contributed by atoms with Gasteiger partial charge in [0.05, 0.1) is 35.2 Å². The van der Waals surface area contributed by atoms with Crippen LogP contribution in [0.1, 0.15) is 12.2 Å². The zero-order chi connectivity index (χ0) is 37.5. The van der Waals surface area contributed by atoms with E-state index in [1.54, 1.807) is 48.3 Å². The maximum atomic E-state index is 11.6. The van der Waals surface area contributed by atoms with Crippen LogP contribution in [0.25, 0.3) is 66.6 Å². The summed E-state index contributed by atoms with van der Waals surface area (Å²) in [4.78, 5) is 39.3. The van der Waals surface area contributed by atoms with Gasteiger partial charge >= 0.3 is 0 Å². The molecule has 9 aromatic rings. The molecule has 0 fully saturated rings. The highest BCUT2D eigenvalue weighted by atomic mass is 16.3. The van der Waals surface area contributed by atoms with Crippen LogP contribution < -0.4 is 16.8 Å². The fourth-order valence-corrected chi connectivity index (χ4v) is 6.42. The van der Waals surface area contributed by atoms with E-state index in [2.05, 4.69) is 49.9 Å². The molecule has 0 atom stereocenters. The van der Waals surface area contributed by atoms with Crippen molar-refractivity contribution >= 4 is 61.4 Å². The van der Waals surface area contributed by atoms with Crippen LogP contribution in [0.4, 0.5) is 11.6 Å². The number of aromatic hydroxyl groups is 2. The molecule has 0 radical (unpaired) electrons. The predicted octanol–water partition coefficient (Wildman–Crippen LogP) is 3.87. The van der Waals surface area contributed by atoms with Crippen molar-refractivity contribution in [1.82, 2.24) is 64.3 Å². The number of rotatable bonds is 8. The van der Waals surface area contributed by atoms with Gasteiger partial charge in [-0.1, -0.05) is 0 Å². The molecule has 0 spiro atoms. The van der Waals surface area contributed by atoms with Gasteiger partial charge in [-0.3, -0.25) is 4.79 Å². The number of anilines is 2. The number of carbonyl (C=O) groups excluding carboxylic acids is 1. The van der Waals surface area contributed by atoms with Gasteiger partial charge in [-0.25, -0.2) is 34.3 Å². The Balaban J connectivity index is 0.000000154. The first-order chi connectivity index (χ1) is 26.2. The second-order valence-electron chi connectivity index (χ2n) is 12.6. The van der Waals surface area contributed by atoms with E-state index in [1.807, 2.05) is 36.0 Å². The molecule has 272 valence electrons. The minimum Gasteiger partial charge on any atom is -0.508 e. The van der Waals surface area contributed by atoms with Gasteiger partial charge in [-0.15, -0.1) is 0 Å². The third-order valence-electron chi connectivity index (χ3n) is 9.14. The molecule has 1 amide bonds. The molecule has 0 aliphatic heterocycles. The number of nitrogen functional groups attached to an aromatic ring is 2. The van der Waals surface area contributed by atoms with Gasteiger partial charge in [0.2, 0.25) is 5.91 Å². The molecule has 54 heavy (non-hydrogen) atoms. The summed E-state index contributed by atoms with van der Waals surface area (Å²) in [5, 5.41) is 34.4. The van der Waals surface area contributed by atoms with Crippen LogP contribution in [-0.2, 0) is 24.4 Å². The summed E-state index contributed by atoms with van der Waals surface area (Å²) in [7, 11) is 1.59. The van der Waals surface area contributed by atoms with Crippen molar-refractivity contribution in [2.24, 2.45) is 0 Å². The summed E-state index contributed by atoms with van der Waals surface area (Å²) in [5.74, 6) is 1.96. The first-order valence-corrected chi connectivity index (χ1v) is 16.9. The Morgan fingerprint density at radius 2 is 1.28 bits per heavy atom. The summed E-state index contributed by atoms with van der Waals surface area (Å²) in [5.41, 5.74) is 18.1. The molecule has 9 rings (SSSR count). The van der Waals surface area contributed by atoms with E-state index in [4.69, 9.17) is 16.6 Å². The van der Waals surface area contributed by atoms with Crippen molar-refractivity contribution < 1.29 is 15.0 Å². The van der Waals surface area contributed by atoms with Crippen molar-refractivity contribution in [3.05, 3.63) is 79.4 Å². The Morgan fingerprint density at radius 1 is 0.741 bits per heavy atom. The molecule has 0 bridgehead atoms. The van der Waals surface area contributed by atoms with Gasteiger partial charge in [-0.05, 0) is 55.5 Å². The number of hydrogen-bond donors (Lipinski definition) is 7. The Morgan fingerprint density at radius 3 is 1.78 bits per heavy atom. The predicted molar refractivity (Wildman–Crippen MR) is 203 cm³/mol. The number of hydrogen-bond acceptors (Lipinski definition) is 12. The fraction of sp³-hybridized carbons (Fsp3) is 0.167.